The SMILES string of the molecule is O=C(NCc1cccnc1)c1ccc2c(c1)ncn2-c1cccc(NS(=O)(=O)c2ccc(OC(F)(F)F)cc2)c1. The van der Waals surface area contributed by atoms with Crippen molar-refractivity contribution < 1.29 is 31.1 Å². The molecule has 9 nitrogen and oxygen atoms in total. The molecule has 204 valence electrons. The highest BCUT2D eigenvalue weighted by Crippen LogP contribution is 2.26. The molecule has 40 heavy (non-hydrogen) atoms. The molecule has 1 amide bonds. The average molecular weight is 568 g/mol. The van der Waals surface area contributed by atoms with Gasteiger partial charge in [0.1, 0.15) is 12.1 Å². The van der Waals surface area contributed by atoms with Crippen LogP contribution < -0.4 is 14.8 Å². The molecule has 0 aliphatic rings. The molecule has 0 saturated heterocycles. The number of halogens is 3. The first-order chi connectivity index (χ1) is 19.1. The first-order valence-electron chi connectivity index (χ1n) is 11.7. The van der Waals surface area contributed by atoms with Gasteiger partial charge < -0.3 is 10.1 Å². The van der Waals surface area contributed by atoms with E-state index in [1.165, 1.54) is 6.07 Å². The second kappa shape index (κ2) is 10.7. The van der Waals surface area contributed by atoms with E-state index < -0.39 is 22.1 Å². The molecular formula is C27H20F3N5O4S. The predicted octanol–water partition coefficient (Wildman–Crippen LogP) is 5.05. The summed E-state index contributed by atoms with van der Waals surface area (Å²) in [6, 6.07) is 19.1. The standard InChI is InChI=1S/C27H20F3N5O4S/c28-27(29,30)39-22-7-9-23(10-8-22)40(37,38)34-20-4-1-5-21(14-20)35-17-33-24-13-19(6-11-25(24)35)26(36)32-16-18-3-2-12-31-15-18/h1-15,17,34H,16H2,(H,32,36). The Hall–Kier alpha value is -4.91. The average Bonchev–Trinajstić information content (AvgIpc) is 3.35. The van der Waals surface area contributed by atoms with Crippen LogP contribution in [0.25, 0.3) is 16.7 Å². The molecule has 3 aromatic carbocycles. The van der Waals surface area contributed by atoms with E-state index in [-0.39, 0.29) is 16.5 Å². The predicted molar refractivity (Wildman–Crippen MR) is 140 cm³/mol. The number of pyridine rings is 1. The summed E-state index contributed by atoms with van der Waals surface area (Å²) in [5.41, 5.74) is 3.34. The molecule has 5 aromatic rings. The lowest BCUT2D eigenvalue weighted by Crippen LogP contribution is -2.22. The van der Waals surface area contributed by atoms with Crippen molar-refractivity contribution in [3.63, 3.8) is 0 Å². The molecule has 2 heterocycles. The molecule has 0 radical (unpaired) electrons. The number of sulfonamides is 1. The van der Waals surface area contributed by atoms with Crippen LogP contribution in [-0.2, 0) is 16.6 Å². The largest absolute Gasteiger partial charge is 0.573 e. The van der Waals surface area contributed by atoms with Crippen molar-refractivity contribution in [1.29, 1.82) is 0 Å². The second-order valence-electron chi connectivity index (χ2n) is 8.54. The molecule has 0 spiro atoms. The highest BCUT2D eigenvalue weighted by molar-refractivity contribution is 7.92. The number of hydrogen-bond donors (Lipinski definition) is 2. The summed E-state index contributed by atoms with van der Waals surface area (Å²) in [5.74, 6) is -0.802. The fraction of sp³-hybridized carbons (Fsp3) is 0.0741. The maximum absolute atomic E-state index is 12.8. The van der Waals surface area contributed by atoms with Gasteiger partial charge in [0.15, 0.2) is 0 Å². The van der Waals surface area contributed by atoms with E-state index in [9.17, 15) is 26.4 Å². The van der Waals surface area contributed by atoms with E-state index in [4.69, 9.17) is 0 Å². The van der Waals surface area contributed by atoms with E-state index in [1.54, 1.807) is 65.8 Å². The molecule has 0 atom stereocenters. The van der Waals surface area contributed by atoms with Gasteiger partial charge in [-0.15, -0.1) is 13.2 Å². The lowest BCUT2D eigenvalue weighted by Gasteiger charge is -2.12. The van der Waals surface area contributed by atoms with E-state index in [0.717, 1.165) is 29.8 Å². The minimum atomic E-state index is -4.88. The smallest absolute Gasteiger partial charge is 0.406 e. The number of aromatic nitrogens is 3. The van der Waals surface area contributed by atoms with Gasteiger partial charge in [-0.3, -0.25) is 19.1 Å². The maximum atomic E-state index is 12.8. The van der Waals surface area contributed by atoms with Crippen LogP contribution in [0.4, 0.5) is 18.9 Å². The zero-order valence-corrected chi connectivity index (χ0v) is 21.3. The minimum Gasteiger partial charge on any atom is -0.406 e. The molecule has 0 bridgehead atoms. The number of imidazole rings is 1. The van der Waals surface area contributed by atoms with Crippen LogP contribution >= 0.6 is 0 Å². The molecular weight excluding hydrogens is 547 g/mol. The fourth-order valence-corrected chi connectivity index (χ4v) is 4.95. The summed E-state index contributed by atoms with van der Waals surface area (Å²) in [6.07, 6.45) is -0.0124. The van der Waals surface area contributed by atoms with Crippen LogP contribution in [0.1, 0.15) is 15.9 Å². The Bertz CT molecular complexity index is 1770. The Morgan fingerprint density at radius 3 is 2.50 bits per heavy atom. The number of benzene rings is 3. The summed E-state index contributed by atoms with van der Waals surface area (Å²) in [4.78, 5) is 20.8. The Morgan fingerprint density at radius 2 is 1.77 bits per heavy atom. The lowest BCUT2D eigenvalue weighted by atomic mass is 10.1. The highest BCUT2D eigenvalue weighted by atomic mass is 32.2. The van der Waals surface area contributed by atoms with Gasteiger partial charge in [0.25, 0.3) is 15.9 Å². The number of alkyl halides is 3. The highest BCUT2D eigenvalue weighted by Gasteiger charge is 2.31. The Morgan fingerprint density at radius 1 is 0.975 bits per heavy atom. The van der Waals surface area contributed by atoms with E-state index in [0.29, 0.717) is 28.8 Å². The number of rotatable bonds is 8. The summed E-state index contributed by atoms with van der Waals surface area (Å²) in [5, 5.41) is 2.84. The van der Waals surface area contributed by atoms with Gasteiger partial charge >= 0.3 is 6.36 Å². The Labute approximate surface area is 226 Å². The van der Waals surface area contributed by atoms with Crippen molar-refractivity contribution in [3.05, 3.63) is 109 Å². The Kier molecular flexibility index (Phi) is 7.13. The molecule has 0 fully saturated rings. The first-order valence-corrected chi connectivity index (χ1v) is 13.2. The number of amides is 1. The third-order valence-electron chi connectivity index (χ3n) is 5.73. The van der Waals surface area contributed by atoms with Crippen molar-refractivity contribution in [2.75, 3.05) is 4.72 Å². The van der Waals surface area contributed by atoms with E-state index in [1.807, 2.05) is 6.07 Å². The van der Waals surface area contributed by atoms with Crippen LogP contribution in [0.2, 0.25) is 0 Å². The molecule has 0 aliphatic carbocycles. The van der Waals surface area contributed by atoms with Crippen molar-refractivity contribution in [2.45, 2.75) is 17.8 Å². The Balaban J connectivity index is 1.32. The number of nitrogens with zero attached hydrogens (tertiary/aromatic N) is 3. The van der Waals surface area contributed by atoms with E-state index in [2.05, 4.69) is 24.7 Å². The number of ether oxygens (including phenoxy) is 1. The summed E-state index contributed by atoms with van der Waals surface area (Å²) in [6.45, 7) is 0.327. The van der Waals surface area contributed by atoms with Gasteiger partial charge in [-0.25, -0.2) is 13.4 Å². The van der Waals surface area contributed by atoms with Crippen LogP contribution in [0, 0.1) is 0 Å². The van der Waals surface area contributed by atoms with Crippen molar-refractivity contribution in [2.24, 2.45) is 0 Å². The van der Waals surface area contributed by atoms with Gasteiger partial charge in [-0.2, -0.15) is 0 Å². The molecule has 13 heteroatoms. The molecule has 2 N–H and O–H groups in total. The summed E-state index contributed by atoms with van der Waals surface area (Å²) >= 11 is 0. The number of hydrogen-bond acceptors (Lipinski definition) is 6. The quantitative estimate of drug-likeness (QED) is 0.271. The van der Waals surface area contributed by atoms with Crippen LogP contribution in [0.3, 0.4) is 0 Å². The third-order valence-corrected chi connectivity index (χ3v) is 7.13. The zero-order valence-electron chi connectivity index (χ0n) is 20.5. The third kappa shape index (κ3) is 6.21. The van der Waals surface area contributed by atoms with Crippen molar-refractivity contribution in [1.82, 2.24) is 19.9 Å². The van der Waals surface area contributed by atoms with Crippen LogP contribution in [-0.4, -0.2) is 35.2 Å². The molecule has 2 aromatic heterocycles. The van der Waals surface area contributed by atoms with Crippen LogP contribution in [0.15, 0.2) is 102 Å². The normalized spacial score (nSPS) is 11.8. The number of anilines is 1. The molecule has 0 aliphatic heterocycles. The second-order valence-corrected chi connectivity index (χ2v) is 10.2. The van der Waals surface area contributed by atoms with Crippen molar-refractivity contribution in [3.8, 4) is 11.4 Å². The maximum Gasteiger partial charge on any atom is 0.573 e. The topological polar surface area (TPSA) is 115 Å². The molecule has 0 unspecified atom stereocenters. The van der Waals surface area contributed by atoms with Crippen LogP contribution in [0.5, 0.6) is 5.75 Å². The molecule has 0 saturated carbocycles. The first kappa shape index (κ1) is 26.7. The van der Waals surface area contributed by atoms with Gasteiger partial charge in [0.2, 0.25) is 0 Å². The minimum absolute atomic E-state index is 0.223. The molecule has 5 rings (SSSR count). The van der Waals surface area contributed by atoms with Gasteiger partial charge in [-0.05, 0) is 72.3 Å². The van der Waals surface area contributed by atoms with E-state index >= 15 is 0 Å². The van der Waals surface area contributed by atoms with Gasteiger partial charge in [0.05, 0.1) is 21.6 Å². The number of fused-ring (bicyclic) bond motifs is 1. The monoisotopic (exact) mass is 567 g/mol. The summed E-state index contributed by atoms with van der Waals surface area (Å²) < 4.78 is 70.7. The number of carbonyl (C=O) groups excluding carboxylic acids is 1. The number of carbonyl (C=O) groups is 1. The van der Waals surface area contributed by atoms with Gasteiger partial charge in [0, 0.05) is 30.2 Å². The van der Waals surface area contributed by atoms with Gasteiger partial charge in [-0.1, -0.05) is 12.1 Å². The number of nitrogens with one attached hydrogen (secondary N) is 2. The van der Waals surface area contributed by atoms with Crippen molar-refractivity contribution >= 4 is 32.7 Å². The zero-order chi connectivity index (χ0) is 28.3. The lowest BCUT2D eigenvalue weighted by molar-refractivity contribution is -0.274. The summed E-state index contributed by atoms with van der Waals surface area (Å²) in [7, 11) is -4.10. The fourth-order valence-electron chi connectivity index (χ4n) is 3.90.